The number of fused-ring (bicyclic) bond motifs is 9. The Morgan fingerprint density at radius 2 is 0.864 bits per heavy atom. The smallest absolute Gasteiger partial charge is 0.136 e. The molecule has 2 aromatic heterocycles. The molecule has 222 valence electrons. The molecule has 2 saturated heterocycles. The number of furan rings is 2. The summed E-state index contributed by atoms with van der Waals surface area (Å²) in [6.07, 6.45) is 2.63. The Hall–Kier alpha value is -4.18. The number of hydrogen-bond acceptors (Lipinski definition) is 4. The molecule has 9 rings (SSSR count). The quantitative estimate of drug-likeness (QED) is 0.204. The van der Waals surface area contributed by atoms with Gasteiger partial charge in [0.2, 0.25) is 0 Å². The fourth-order valence-corrected chi connectivity index (χ4v) is 8.74. The van der Waals surface area contributed by atoms with Gasteiger partial charge >= 0.3 is 0 Å². The van der Waals surface area contributed by atoms with Crippen LogP contribution in [-0.4, -0.2) is 26.2 Å². The molecule has 0 saturated carbocycles. The third-order valence-corrected chi connectivity index (χ3v) is 10.4. The number of hydrogen-bond donors (Lipinski definition) is 0. The molecule has 0 bridgehead atoms. The van der Waals surface area contributed by atoms with Gasteiger partial charge in [0.1, 0.15) is 22.3 Å². The number of nitrogens with zero attached hydrogens (tertiary/aromatic N) is 2. The van der Waals surface area contributed by atoms with E-state index >= 15 is 0 Å². The normalized spacial score (nSPS) is 23.3. The van der Waals surface area contributed by atoms with Crippen LogP contribution >= 0.6 is 0 Å². The number of anilines is 2. The Morgan fingerprint density at radius 1 is 0.455 bits per heavy atom. The van der Waals surface area contributed by atoms with Gasteiger partial charge in [-0.1, -0.05) is 39.8 Å². The summed E-state index contributed by atoms with van der Waals surface area (Å²) >= 11 is 0. The van der Waals surface area contributed by atoms with Crippen molar-refractivity contribution in [2.75, 3.05) is 36.0 Å². The SMILES string of the molecule is CC1CC(C)CN(c2ccc3cc4c(cc3c2)oc2ccc3oc5cc6cc(N7CC(C)CC(C)C7)ccc6cc5c3c24)C1. The highest BCUT2D eigenvalue weighted by Crippen LogP contribution is 2.43. The molecule has 0 amide bonds. The first-order valence-electron chi connectivity index (χ1n) is 16.6. The summed E-state index contributed by atoms with van der Waals surface area (Å²) < 4.78 is 13.1. The molecule has 4 heterocycles. The lowest BCUT2D eigenvalue weighted by Crippen LogP contribution is -2.38. The summed E-state index contributed by atoms with van der Waals surface area (Å²) in [6, 6.07) is 27.1. The summed E-state index contributed by atoms with van der Waals surface area (Å²) in [4.78, 5) is 5.12. The van der Waals surface area contributed by atoms with Gasteiger partial charge in [0.05, 0.1) is 0 Å². The first kappa shape index (κ1) is 26.2. The highest BCUT2D eigenvalue weighted by atomic mass is 16.3. The van der Waals surface area contributed by atoms with Crippen molar-refractivity contribution in [2.45, 2.75) is 40.5 Å². The lowest BCUT2D eigenvalue weighted by molar-refractivity contribution is 0.357. The topological polar surface area (TPSA) is 32.8 Å². The molecule has 7 aromatic rings. The highest BCUT2D eigenvalue weighted by molar-refractivity contribution is 6.27. The second kappa shape index (κ2) is 9.66. The van der Waals surface area contributed by atoms with Crippen LogP contribution in [0.5, 0.6) is 0 Å². The first-order valence-corrected chi connectivity index (χ1v) is 16.6. The molecule has 0 aliphatic carbocycles. The molecule has 2 aliphatic rings. The molecule has 2 aliphatic heterocycles. The van der Waals surface area contributed by atoms with E-state index in [2.05, 4.69) is 110 Å². The van der Waals surface area contributed by atoms with Crippen molar-refractivity contribution < 1.29 is 8.83 Å². The molecule has 4 unspecified atom stereocenters. The van der Waals surface area contributed by atoms with Crippen molar-refractivity contribution in [3.8, 4) is 0 Å². The van der Waals surface area contributed by atoms with Crippen LogP contribution in [0, 0.1) is 23.7 Å². The molecule has 5 aromatic carbocycles. The van der Waals surface area contributed by atoms with Crippen molar-refractivity contribution in [2.24, 2.45) is 23.7 Å². The van der Waals surface area contributed by atoms with Gasteiger partial charge in [-0.25, -0.2) is 0 Å². The molecule has 0 N–H and O–H groups in total. The fourth-order valence-electron chi connectivity index (χ4n) is 8.74. The van der Waals surface area contributed by atoms with E-state index in [1.165, 1.54) is 45.8 Å². The van der Waals surface area contributed by atoms with Gasteiger partial charge in [-0.05, 0) is 119 Å². The van der Waals surface area contributed by atoms with E-state index in [4.69, 9.17) is 8.83 Å². The molecule has 2 fully saturated rings. The van der Waals surface area contributed by atoms with E-state index in [0.717, 1.165) is 93.7 Å². The molecular formula is C40H40N2O2. The van der Waals surface area contributed by atoms with Crippen LogP contribution in [0.4, 0.5) is 11.4 Å². The van der Waals surface area contributed by atoms with Crippen molar-refractivity contribution in [1.82, 2.24) is 0 Å². The summed E-state index contributed by atoms with van der Waals surface area (Å²) in [5.74, 6) is 2.89. The van der Waals surface area contributed by atoms with Gasteiger partial charge < -0.3 is 18.6 Å². The van der Waals surface area contributed by atoms with Crippen LogP contribution in [0.2, 0.25) is 0 Å². The Morgan fingerprint density at radius 3 is 1.27 bits per heavy atom. The predicted octanol–water partition coefficient (Wildman–Crippen LogP) is 10.8. The van der Waals surface area contributed by atoms with E-state index in [9.17, 15) is 0 Å². The van der Waals surface area contributed by atoms with Crippen molar-refractivity contribution >= 4 is 76.8 Å². The van der Waals surface area contributed by atoms with E-state index in [0.29, 0.717) is 0 Å². The average molecular weight is 581 g/mol. The summed E-state index contributed by atoms with van der Waals surface area (Å²) in [7, 11) is 0. The van der Waals surface area contributed by atoms with Crippen LogP contribution in [0.3, 0.4) is 0 Å². The Bertz CT molecular complexity index is 2060. The van der Waals surface area contributed by atoms with Crippen molar-refractivity contribution in [1.29, 1.82) is 0 Å². The van der Waals surface area contributed by atoms with Crippen LogP contribution in [0.25, 0.3) is 65.4 Å². The van der Waals surface area contributed by atoms with Crippen molar-refractivity contribution in [3.05, 3.63) is 72.8 Å². The minimum absolute atomic E-state index is 0.723. The maximum Gasteiger partial charge on any atom is 0.136 e. The van der Waals surface area contributed by atoms with Crippen LogP contribution in [-0.2, 0) is 0 Å². The fraction of sp³-hybridized carbons (Fsp3) is 0.350. The summed E-state index contributed by atoms with van der Waals surface area (Å²) in [6.45, 7) is 14.0. The number of piperidine rings is 2. The van der Waals surface area contributed by atoms with Gasteiger partial charge in [-0.2, -0.15) is 0 Å². The maximum atomic E-state index is 6.53. The van der Waals surface area contributed by atoms with E-state index < -0.39 is 0 Å². The van der Waals surface area contributed by atoms with Gasteiger partial charge in [0.15, 0.2) is 0 Å². The third-order valence-electron chi connectivity index (χ3n) is 10.4. The molecular weight excluding hydrogens is 540 g/mol. The van der Waals surface area contributed by atoms with E-state index in [-0.39, 0.29) is 0 Å². The summed E-state index contributed by atoms with van der Waals surface area (Å²) in [5.41, 5.74) is 6.31. The van der Waals surface area contributed by atoms with Crippen LogP contribution in [0.15, 0.2) is 81.6 Å². The highest BCUT2D eigenvalue weighted by Gasteiger charge is 2.24. The average Bonchev–Trinajstić information content (AvgIpc) is 3.54. The van der Waals surface area contributed by atoms with Gasteiger partial charge in [0.25, 0.3) is 0 Å². The van der Waals surface area contributed by atoms with Crippen LogP contribution < -0.4 is 9.80 Å². The minimum Gasteiger partial charge on any atom is -0.456 e. The lowest BCUT2D eigenvalue weighted by atomic mass is 9.91. The summed E-state index contributed by atoms with van der Waals surface area (Å²) in [5, 5.41) is 9.54. The number of rotatable bonds is 2. The molecule has 44 heavy (non-hydrogen) atoms. The second-order valence-corrected chi connectivity index (χ2v) is 14.5. The minimum atomic E-state index is 0.723. The van der Waals surface area contributed by atoms with Crippen molar-refractivity contribution in [3.63, 3.8) is 0 Å². The number of benzene rings is 5. The second-order valence-electron chi connectivity index (χ2n) is 14.5. The molecule has 4 atom stereocenters. The predicted molar refractivity (Wildman–Crippen MR) is 186 cm³/mol. The first-order chi connectivity index (χ1) is 21.4. The van der Waals surface area contributed by atoms with Gasteiger partial charge in [-0.3, -0.25) is 0 Å². The zero-order chi connectivity index (χ0) is 29.7. The zero-order valence-corrected chi connectivity index (χ0v) is 26.2. The maximum absolute atomic E-state index is 6.53. The molecule has 0 spiro atoms. The lowest BCUT2D eigenvalue weighted by Gasteiger charge is -2.36. The Labute approximate surface area is 258 Å². The molecule has 0 radical (unpaired) electrons. The van der Waals surface area contributed by atoms with E-state index in [1.807, 2.05) is 0 Å². The van der Waals surface area contributed by atoms with Gasteiger partial charge in [0, 0.05) is 59.1 Å². The molecule has 4 heteroatoms. The Kier molecular flexibility index (Phi) is 5.76. The Balaban J connectivity index is 1.17. The van der Waals surface area contributed by atoms with Crippen LogP contribution in [0.1, 0.15) is 40.5 Å². The molecule has 4 nitrogen and oxygen atoms in total. The standard InChI is InChI=1S/C40H40N2O2/c1-23-11-24(2)20-41(19-23)31-7-5-27-15-33-37(17-29(27)13-31)43-35-9-10-36-40(39(33)35)34-16-28-6-8-32(14-30(28)18-38(34)44-36)42-21-25(3)12-26(4)22-42/h5-10,13-18,23-26H,11-12,19-22H2,1-4H3. The largest absolute Gasteiger partial charge is 0.456 e. The van der Waals surface area contributed by atoms with Gasteiger partial charge in [-0.15, -0.1) is 0 Å². The monoisotopic (exact) mass is 580 g/mol. The zero-order valence-electron chi connectivity index (χ0n) is 26.2. The third kappa shape index (κ3) is 4.17. The van der Waals surface area contributed by atoms with E-state index in [1.54, 1.807) is 0 Å².